The molecule has 11 heteroatoms. The first-order valence-electron chi connectivity index (χ1n) is 8.34. The van der Waals surface area contributed by atoms with Crippen LogP contribution in [0.2, 0.25) is 0 Å². The summed E-state index contributed by atoms with van der Waals surface area (Å²) < 4.78 is 54.2. The van der Waals surface area contributed by atoms with Crippen LogP contribution in [0.1, 0.15) is 16.8 Å². The van der Waals surface area contributed by atoms with Gasteiger partial charge in [0.05, 0.1) is 5.56 Å². The maximum atomic E-state index is 12.8. The Morgan fingerprint density at radius 1 is 1.33 bits per heavy atom. The first-order valence-corrected chi connectivity index (χ1v) is 8.34. The van der Waals surface area contributed by atoms with Gasteiger partial charge in [-0.25, -0.2) is 13.8 Å². The average Bonchev–Trinajstić information content (AvgIpc) is 2.64. The van der Waals surface area contributed by atoms with Gasteiger partial charge in [0.2, 0.25) is 5.88 Å². The first-order chi connectivity index (χ1) is 12.4. The third kappa shape index (κ3) is 7.86. The molecule has 2 rings (SSSR count). The number of amides is 1. The minimum atomic E-state index is -4.25. The summed E-state index contributed by atoms with van der Waals surface area (Å²) in [6.45, 7) is 3.83. The summed E-state index contributed by atoms with van der Waals surface area (Å²) in [6, 6.07) is 2.53. The Morgan fingerprint density at radius 2 is 2.04 bits per heavy atom. The Hall–Kier alpha value is -1.65. The van der Waals surface area contributed by atoms with Crippen LogP contribution in [-0.4, -0.2) is 74.0 Å². The van der Waals surface area contributed by atoms with Gasteiger partial charge in [0, 0.05) is 45.0 Å². The molecule has 6 nitrogen and oxygen atoms in total. The highest BCUT2D eigenvalue weighted by molar-refractivity contribution is 5.93. The maximum absolute atomic E-state index is 12.8. The number of nitrogens with one attached hydrogen (secondary N) is 2. The minimum absolute atomic E-state index is 0. The zero-order chi connectivity index (χ0) is 19.0. The third-order valence-electron chi connectivity index (χ3n) is 3.88. The molecule has 0 atom stereocenters. The van der Waals surface area contributed by atoms with E-state index in [1.54, 1.807) is 0 Å². The van der Waals surface area contributed by atoms with Crippen LogP contribution in [0, 0.1) is 0 Å². The van der Waals surface area contributed by atoms with E-state index in [9.17, 15) is 22.4 Å². The molecule has 1 aliphatic heterocycles. The number of alkyl halides is 4. The molecule has 0 saturated carbocycles. The number of ether oxygens (including phenoxy) is 1. The number of halogens is 5. The molecule has 1 fully saturated rings. The van der Waals surface area contributed by atoms with Crippen LogP contribution < -0.4 is 15.4 Å². The van der Waals surface area contributed by atoms with E-state index in [0.29, 0.717) is 6.54 Å². The molecule has 1 amide bonds. The second-order valence-corrected chi connectivity index (χ2v) is 5.94. The minimum Gasteiger partial charge on any atom is -0.471 e. The SMILES string of the molecule is Cl.O=C(NCCCN1CCNCC1)c1ccc(OCC(F)(F)C(F)F)nc1. The molecule has 0 radical (unpaired) electrons. The second-order valence-electron chi connectivity index (χ2n) is 5.94. The Bertz CT molecular complexity index is 572. The fourth-order valence-corrected chi connectivity index (χ4v) is 2.37. The Balaban J connectivity index is 0.00000364. The van der Waals surface area contributed by atoms with Crippen LogP contribution in [0.5, 0.6) is 5.88 Å². The van der Waals surface area contributed by atoms with Crippen molar-refractivity contribution in [1.29, 1.82) is 0 Å². The van der Waals surface area contributed by atoms with Gasteiger partial charge in [-0.1, -0.05) is 0 Å². The molecule has 1 aromatic heterocycles. The van der Waals surface area contributed by atoms with Crippen molar-refractivity contribution in [2.45, 2.75) is 18.8 Å². The van der Waals surface area contributed by atoms with E-state index in [1.807, 2.05) is 0 Å². The Labute approximate surface area is 161 Å². The van der Waals surface area contributed by atoms with Crippen LogP contribution >= 0.6 is 12.4 Å². The topological polar surface area (TPSA) is 66.5 Å². The third-order valence-corrected chi connectivity index (χ3v) is 3.88. The molecule has 154 valence electrons. The fourth-order valence-electron chi connectivity index (χ4n) is 2.37. The summed E-state index contributed by atoms with van der Waals surface area (Å²) in [5.74, 6) is -4.84. The molecule has 0 bridgehead atoms. The molecular formula is C16H23ClF4N4O2. The Kier molecular flexibility index (Phi) is 9.75. The molecule has 0 aliphatic carbocycles. The van der Waals surface area contributed by atoms with Crippen LogP contribution in [0.25, 0.3) is 0 Å². The summed E-state index contributed by atoms with van der Waals surface area (Å²) in [5, 5.41) is 6.01. The zero-order valence-electron chi connectivity index (χ0n) is 14.6. The van der Waals surface area contributed by atoms with Crippen molar-refractivity contribution in [2.24, 2.45) is 0 Å². The molecule has 0 spiro atoms. The molecule has 1 aromatic rings. The summed E-state index contributed by atoms with van der Waals surface area (Å²) in [4.78, 5) is 18.0. The number of piperazine rings is 1. The number of nitrogens with zero attached hydrogens (tertiary/aromatic N) is 2. The zero-order valence-corrected chi connectivity index (χ0v) is 15.4. The highest BCUT2D eigenvalue weighted by atomic mass is 35.5. The molecule has 0 unspecified atom stereocenters. The van der Waals surface area contributed by atoms with E-state index in [-0.39, 0.29) is 29.8 Å². The van der Waals surface area contributed by atoms with Crippen molar-refractivity contribution in [1.82, 2.24) is 20.5 Å². The monoisotopic (exact) mass is 414 g/mol. The molecule has 2 N–H and O–H groups in total. The van der Waals surface area contributed by atoms with Gasteiger partial charge in [0.25, 0.3) is 5.91 Å². The summed E-state index contributed by atoms with van der Waals surface area (Å²) >= 11 is 0. The maximum Gasteiger partial charge on any atom is 0.340 e. The van der Waals surface area contributed by atoms with E-state index in [0.717, 1.165) is 45.3 Å². The van der Waals surface area contributed by atoms with E-state index in [2.05, 4.69) is 25.3 Å². The van der Waals surface area contributed by atoms with Gasteiger partial charge in [-0.05, 0) is 19.0 Å². The van der Waals surface area contributed by atoms with Crippen molar-refractivity contribution in [3.05, 3.63) is 23.9 Å². The number of aromatic nitrogens is 1. The van der Waals surface area contributed by atoms with Crippen molar-refractivity contribution in [3.63, 3.8) is 0 Å². The average molecular weight is 415 g/mol. The molecule has 27 heavy (non-hydrogen) atoms. The van der Waals surface area contributed by atoms with Gasteiger partial charge in [0.1, 0.15) is 0 Å². The lowest BCUT2D eigenvalue weighted by molar-refractivity contribution is -0.148. The van der Waals surface area contributed by atoms with Crippen molar-refractivity contribution in [2.75, 3.05) is 45.9 Å². The number of hydrogen-bond donors (Lipinski definition) is 2. The number of hydrogen-bond acceptors (Lipinski definition) is 5. The molecule has 2 heterocycles. The number of pyridine rings is 1. The van der Waals surface area contributed by atoms with Crippen molar-refractivity contribution >= 4 is 18.3 Å². The van der Waals surface area contributed by atoms with E-state index < -0.39 is 19.0 Å². The normalized spacial score (nSPS) is 15.3. The van der Waals surface area contributed by atoms with Crippen LogP contribution in [0.4, 0.5) is 17.6 Å². The van der Waals surface area contributed by atoms with E-state index in [1.165, 1.54) is 12.1 Å². The fraction of sp³-hybridized carbons (Fsp3) is 0.625. The molecule has 1 saturated heterocycles. The smallest absolute Gasteiger partial charge is 0.340 e. The molecule has 1 aliphatic rings. The predicted molar refractivity (Wildman–Crippen MR) is 94.2 cm³/mol. The van der Waals surface area contributed by atoms with Gasteiger partial charge < -0.3 is 20.3 Å². The van der Waals surface area contributed by atoms with Gasteiger partial charge in [-0.3, -0.25) is 4.79 Å². The van der Waals surface area contributed by atoms with Gasteiger partial charge in [-0.15, -0.1) is 12.4 Å². The van der Waals surface area contributed by atoms with Gasteiger partial charge in [-0.2, -0.15) is 8.78 Å². The standard InChI is InChI=1S/C16H22F4N4O2.ClH/c17-15(18)16(19,20)11-26-13-3-2-12(10-23-13)14(25)22-4-1-7-24-8-5-21-6-9-24;/h2-3,10,15,21H,1,4-9,11H2,(H,22,25);1H. The number of rotatable bonds is 9. The molecular weight excluding hydrogens is 392 g/mol. The Morgan fingerprint density at radius 3 is 2.63 bits per heavy atom. The van der Waals surface area contributed by atoms with Gasteiger partial charge >= 0.3 is 12.3 Å². The van der Waals surface area contributed by atoms with E-state index in [4.69, 9.17) is 0 Å². The largest absolute Gasteiger partial charge is 0.471 e. The lowest BCUT2D eigenvalue weighted by Crippen LogP contribution is -2.44. The second kappa shape index (κ2) is 11.3. The number of carbonyl (C=O) groups is 1. The van der Waals surface area contributed by atoms with Gasteiger partial charge in [0.15, 0.2) is 6.61 Å². The van der Waals surface area contributed by atoms with Crippen molar-refractivity contribution < 1.29 is 27.1 Å². The number of carbonyl (C=O) groups excluding carboxylic acids is 1. The lowest BCUT2D eigenvalue weighted by Gasteiger charge is -2.27. The summed E-state index contributed by atoms with van der Waals surface area (Å²) in [5.41, 5.74) is 0.236. The summed E-state index contributed by atoms with van der Waals surface area (Å²) in [7, 11) is 0. The summed E-state index contributed by atoms with van der Waals surface area (Å²) in [6.07, 6.45) is -1.85. The van der Waals surface area contributed by atoms with Crippen LogP contribution in [-0.2, 0) is 0 Å². The first kappa shape index (κ1) is 23.4. The predicted octanol–water partition coefficient (Wildman–Crippen LogP) is 1.81. The van der Waals surface area contributed by atoms with Crippen LogP contribution in [0.3, 0.4) is 0 Å². The quantitative estimate of drug-likeness (QED) is 0.476. The highest BCUT2D eigenvalue weighted by Crippen LogP contribution is 2.23. The van der Waals surface area contributed by atoms with Crippen molar-refractivity contribution in [3.8, 4) is 5.88 Å². The lowest BCUT2D eigenvalue weighted by atomic mass is 10.2. The van der Waals surface area contributed by atoms with Crippen LogP contribution in [0.15, 0.2) is 18.3 Å². The molecule has 0 aromatic carbocycles. The van der Waals surface area contributed by atoms with E-state index >= 15 is 0 Å². The highest BCUT2D eigenvalue weighted by Gasteiger charge is 2.41.